The van der Waals surface area contributed by atoms with Gasteiger partial charge in [0, 0.05) is 12.2 Å². The monoisotopic (exact) mass is 203 g/mol. The highest BCUT2D eigenvalue weighted by molar-refractivity contribution is 5.55. The Bertz CT molecular complexity index is 352. The van der Waals surface area contributed by atoms with E-state index in [0.717, 1.165) is 12.1 Å². The van der Waals surface area contributed by atoms with Crippen molar-refractivity contribution in [2.75, 3.05) is 5.32 Å². The largest absolute Gasteiger partial charge is 0.380 e. The van der Waals surface area contributed by atoms with E-state index in [1.54, 1.807) is 18.5 Å². The zero-order valence-corrected chi connectivity index (χ0v) is 9.49. The molecule has 0 amide bonds. The van der Waals surface area contributed by atoms with Gasteiger partial charge in [-0.1, -0.05) is 13.8 Å². The quantitative estimate of drug-likeness (QED) is 0.818. The standard InChI is InChI=1S/C12H17N3/c1-9(2)6-10(3)15-12-8-14-5-4-11(12)7-13/h4-5,8-10,15H,6H2,1-3H3. The maximum atomic E-state index is 8.90. The molecule has 0 aliphatic carbocycles. The second-order valence-electron chi connectivity index (χ2n) is 4.21. The predicted molar refractivity (Wildman–Crippen MR) is 61.5 cm³/mol. The molecule has 3 heteroatoms. The molecule has 3 nitrogen and oxygen atoms in total. The van der Waals surface area contributed by atoms with Crippen LogP contribution in [0.15, 0.2) is 18.5 Å². The van der Waals surface area contributed by atoms with E-state index < -0.39 is 0 Å². The normalized spacial score (nSPS) is 12.2. The summed E-state index contributed by atoms with van der Waals surface area (Å²) in [5.41, 5.74) is 1.48. The third-order valence-electron chi connectivity index (χ3n) is 2.17. The molecule has 1 aromatic heterocycles. The molecule has 1 aromatic rings. The van der Waals surface area contributed by atoms with E-state index in [0.29, 0.717) is 17.5 Å². The molecular formula is C12H17N3. The van der Waals surface area contributed by atoms with E-state index in [2.05, 4.69) is 37.1 Å². The van der Waals surface area contributed by atoms with Gasteiger partial charge in [-0.25, -0.2) is 0 Å². The van der Waals surface area contributed by atoms with Crippen molar-refractivity contribution >= 4 is 5.69 Å². The van der Waals surface area contributed by atoms with Crippen molar-refractivity contribution in [1.82, 2.24) is 4.98 Å². The van der Waals surface area contributed by atoms with Crippen molar-refractivity contribution in [2.45, 2.75) is 33.2 Å². The summed E-state index contributed by atoms with van der Waals surface area (Å²) >= 11 is 0. The van der Waals surface area contributed by atoms with E-state index in [-0.39, 0.29) is 0 Å². The first-order valence-corrected chi connectivity index (χ1v) is 5.24. The molecule has 0 aliphatic rings. The number of nitriles is 1. The van der Waals surface area contributed by atoms with Gasteiger partial charge in [0.2, 0.25) is 0 Å². The van der Waals surface area contributed by atoms with Crippen LogP contribution in [0.2, 0.25) is 0 Å². The second-order valence-corrected chi connectivity index (χ2v) is 4.21. The van der Waals surface area contributed by atoms with Gasteiger partial charge >= 0.3 is 0 Å². The molecular weight excluding hydrogens is 186 g/mol. The summed E-state index contributed by atoms with van der Waals surface area (Å²) < 4.78 is 0. The number of hydrogen-bond acceptors (Lipinski definition) is 3. The number of aromatic nitrogens is 1. The highest BCUT2D eigenvalue weighted by Gasteiger charge is 2.07. The summed E-state index contributed by atoms with van der Waals surface area (Å²) in [5.74, 6) is 0.648. The molecule has 0 spiro atoms. The Labute approximate surface area is 91.1 Å². The van der Waals surface area contributed by atoms with Crippen LogP contribution in [0, 0.1) is 17.2 Å². The van der Waals surface area contributed by atoms with E-state index in [4.69, 9.17) is 5.26 Å². The zero-order valence-electron chi connectivity index (χ0n) is 9.49. The molecule has 0 bridgehead atoms. The summed E-state index contributed by atoms with van der Waals surface area (Å²) in [6, 6.07) is 4.24. The Morgan fingerprint density at radius 3 is 2.80 bits per heavy atom. The average Bonchev–Trinajstić information content (AvgIpc) is 2.17. The lowest BCUT2D eigenvalue weighted by atomic mass is 10.0. The number of pyridine rings is 1. The fourth-order valence-electron chi connectivity index (χ4n) is 1.64. The van der Waals surface area contributed by atoms with Crippen LogP contribution in [0.5, 0.6) is 0 Å². The van der Waals surface area contributed by atoms with Crippen molar-refractivity contribution in [3.05, 3.63) is 24.0 Å². The molecule has 0 aromatic carbocycles. The molecule has 0 saturated heterocycles. The Kier molecular flexibility index (Phi) is 4.11. The van der Waals surface area contributed by atoms with Crippen LogP contribution in [0.4, 0.5) is 5.69 Å². The van der Waals surface area contributed by atoms with Gasteiger partial charge < -0.3 is 5.32 Å². The molecule has 15 heavy (non-hydrogen) atoms. The van der Waals surface area contributed by atoms with Gasteiger partial charge in [0.15, 0.2) is 0 Å². The minimum Gasteiger partial charge on any atom is -0.380 e. The van der Waals surface area contributed by atoms with Crippen molar-refractivity contribution in [3.63, 3.8) is 0 Å². The van der Waals surface area contributed by atoms with Crippen molar-refractivity contribution in [3.8, 4) is 6.07 Å². The molecule has 1 N–H and O–H groups in total. The maximum absolute atomic E-state index is 8.90. The van der Waals surface area contributed by atoms with Gasteiger partial charge in [0.1, 0.15) is 6.07 Å². The van der Waals surface area contributed by atoms with Gasteiger partial charge in [-0.2, -0.15) is 5.26 Å². The van der Waals surface area contributed by atoms with E-state index in [1.165, 1.54) is 0 Å². The highest BCUT2D eigenvalue weighted by atomic mass is 14.9. The number of nitrogens with one attached hydrogen (secondary N) is 1. The molecule has 1 unspecified atom stereocenters. The summed E-state index contributed by atoms with van der Waals surface area (Å²) in [7, 11) is 0. The topological polar surface area (TPSA) is 48.7 Å². The van der Waals surface area contributed by atoms with E-state index in [9.17, 15) is 0 Å². The average molecular weight is 203 g/mol. The third-order valence-corrected chi connectivity index (χ3v) is 2.17. The smallest absolute Gasteiger partial charge is 0.101 e. The Morgan fingerprint density at radius 1 is 1.47 bits per heavy atom. The lowest BCUT2D eigenvalue weighted by molar-refractivity contribution is 0.539. The molecule has 0 aliphatic heterocycles. The van der Waals surface area contributed by atoms with Crippen molar-refractivity contribution in [2.24, 2.45) is 5.92 Å². The molecule has 1 heterocycles. The minimum atomic E-state index is 0.362. The van der Waals surface area contributed by atoms with Gasteiger partial charge in [0.25, 0.3) is 0 Å². The van der Waals surface area contributed by atoms with E-state index in [1.807, 2.05) is 0 Å². The van der Waals surface area contributed by atoms with Gasteiger partial charge in [-0.05, 0) is 25.3 Å². The van der Waals surface area contributed by atoms with Crippen LogP contribution < -0.4 is 5.32 Å². The molecule has 0 radical (unpaired) electrons. The number of nitrogens with zero attached hydrogens (tertiary/aromatic N) is 2. The summed E-state index contributed by atoms with van der Waals surface area (Å²) in [6.07, 6.45) is 4.42. The molecule has 0 fully saturated rings. The summed E-state index contributed by atoms with van der Waals surface area (Å²) in [5, 5.41) is 12.2. The van der Waals surface area contributed by atoms with Crippen LogP contribution in [0.1, 0.15) is 32.8 Å². The van der Waals surface area contributed by atoms with Crippen LogP contribution in [0.3, 0.4) is 0 Å². The predicted octanol–water partition coefficient (Wildman–Crippen LogP) is 2.80. The Hall–Kier alpha value is -1.56. The van der Waals surface area contributed by atoms with Crippen LogP contribution in [-0.4, -0.2) is 11.0 Å². The lowest BCUT2D eigenvalue weighted by Gasteiger charge is -2.17. The Balaban J connectivity index is 2.68. The molecule has 1 atom stereocenters. The van der Waals surface area contributed by atoms with Crippen molar-refractivity contribution in [1.29, 1.82) is 5.26 Å². The van der Waals surface area contributed by atoms with Gasteiger partial charge in [0.05, 0.1) is 17.4 Å². The first-order valence-electron chi connectivity index (χ1n) is 5.24. The lowest BCUT2D eigenvalue weighted by Crippen LogP contribution is -2.18. The molecule has 1 rings (SSSR count). The number of rotatable bonds is 4. The van der Waals surface area contributed by atoms with Crippen molar-refractivity contribution < 1.29 is 0 Å². The fourth-order valence-corrected chi connectivity index (χ4v) is 1.64. The zero-order chi connectivity index (χ0) is 11.3. The second kappa shape index (κ2) is 5.35. The highest BCUT2D eigenvalue weighted by Crippen LogP contribution is 2.15. The summed E-state index contributed by atoms with van der Waals surface area (Å²) in [4.78, 5) is 4.01. The SMILES string of the molecule is CC(C)CC(C)Nc1cnccc1C#N. The summed E-state index contributed by atoms with van der Waals surface area (Å²) in [6.45, 7) is 6.49. The first-order chi connectivity index (χ1) is 7.13. The van der Waals surface area contributed by atoms with Gasteiger partial charge in [-0.15, -0.1) is 0 Å². The fraction of sp³-hybridized carbons (Fsp3) is 0.500. The van der Waals surface area contributed by atoms with Crippen LogP contribution in [-0.2, 0) is 0 Å². The Morgan fingerprint density at radius 2 is 2.20 bits per heavy atom. The maximum Gasteiger partial charge on any atom is 0.101 e. The van der Waals surface area contributed by atoms with E-state index >= 15 is 0 Å². The molecule has 0 saturated carbocycles. The van der Waals surface area contributed by atoms with Crippen LogP contribution >= 0.6 is 0 Å². The number of anilines is 1. The third kappa shape index (κ3) is 3.59. The minimum absolute atomic E-state index is 0.362. The van der Waals surface area contributed by atoms with Gasteiger partial charge in [-0.3, -0.25) is 4.98 Å². The molecule has 80 valence electrons. The first kappa shape index (κ1) is 11.5. The number of hydrogen-bond donors (Lipinski definition) is 1. The van der Waals surface area contributed by atoms with Crippen LogP contribution in [0.25, 0.3) is 0 Å².